The second-order valence-corrected chi connectivity index (χ2v) is 5.96. The average Bonchev–Trinajstić information content (AvgIpc) is 2.92. The van der Waals surface area contributed by atoms with Crippen LogP contribution < -0.4 is 16.0 Å². The number of anilines is 1. The van der Waals surface area contributed by atoms with Crippen LogP contribution in [0.25, 0.3) is 0 Å². The Kier molecular flexibility index (Phi) is 4.47. The molecule has 3 rings (SSSR count). The van der Waals surface area contributed by atoms with Crippen LogP contribution >= 0.6 is 0 Å². The summed E-state index contributed by atoms with van der Waals surface area (Å²) in [5.74, 6) is -1.14. The molecule has 2 aliphatic rings. The van der Waals surface area contributed by atoms with Crippen molar-refractivity contribution in [3.8, 4) is 0 Å². The summed E-state index contributed by atoms with van der Waals surface area (Å²) in [5.41, 5.74) is 6.26. The second kappa shape index (κ2) is 6.54. The number of nitrogens with zero attached hydrogens (tertiary/aromatic N) is 1. The fourth-order valence-corrected chi connectivity index (χ4v) is 3.06. The van der Waals surface area contributed by atoms with E-state index in [4.69, 9.17) is 10.5 Å². The molecular formula is C16H20FN3O3. The van der Waals surface area contributed by atoms with Gasteiger partial charge in [0.1, 0.15) is 5.82 Å². The Morgan fingerprint density at radius 3 is 2.83 bits per heavy atom. The van der Waals surface area contributed by atoms with Crippen LogP contribution in [-0.2, 0) is 4.74 Å². The first kappa shape index (κ1) is 15.7. The first-order valence-electron chi connectivity index (χ1n) is 7.86. The molecule has 1 aromatic rings. The number of carbonyl (C=O) groups is 2. The smallest absolute Gasteiger partial charge is 0.414 e. The van der Waals surface area contributed by atoms with Crippen molar-refractivity contribution in [3.63, 3.8) is 0 Å². The summed E-state index contributed by atoms with van der Waals surface area (Å²) >= 11 is 0. The van der Waals surface area contributed by atoms with Crippen LogP contribution in [0.3, 0.4) is 0 Å². The number of amides is 2. The van der Waals surface area contributed by atoms with Crippen molar-refractivity contribution < 1.29 is 18.7 Å². The molecule has 124 valence electrons. The van der Waals surface area contributed by atoms with E-state index in [-0.39, 0.29) is 17.6 Å². The van der Waals surface area contributed by atoms with Gasteiger partial charge in [-0.1, -0.05) is 0 Å². The summed E-state index contributed by atoms with van der Waals surface area (Å²) in [6.45, 7) is 0.848. The van der Waals surface area contributed by atoms with Crippen molar-refractivity contribution in [2.45, 2.75) is 37.8 Å². The monoisotopic (exact) mass is 321 g/mol. The van der Waals surface area contributed by atoms with Crippen molar-refractivity contribution in [1.82, 2.24) is 5.32 Å². The topological polar surface area (TPSA) is 84.7 Å². The number of hydrogen-bond donors (Lipinski definition) is 2. The Hall–Kier alpha value is -2.15. The van der Waals surface area contributed by atoms with Crippen LogP contribution in [0.5, 0.6) is 0 Å². The van der Waals surface area contributed by atoms with E-state index in [1.165, 1.54) is 17.0 Å². The SMILES string of the molecule is NC1CCCC1NC(=O)c1ccc(N2CCCOC2=O)cc1F. The molecule has 0 spiro atoms. The van der Waals surface area contributed by atoms with Gasteiger partial charge in [0.25, 0.3) is 5.91 Å². The van der Waals surface area contributed by atoms with E-state index in [9.17, 15) is 14.0 Å². The number of ether oxygens (including phenoxy) is 1. The molecule has 1 saturated carbocycles. The molecule has 7 heteroatoms. The van der Waals surface area contributed by atoms with E-state index < -0.39 is 17.8 Å². The third-order valence-electron chi connectivity index (χ3n) is 4.37. The molecule has 1 aromatic carbocycles. The minimum Gasteiger partial charge on any atom is -0.449 e. The van der Waals surface area contributed by atoms with Gasteiger partial charge in [-0.05, 0) is 43.9 Å². The highest BCUT2D eigenvalue weighted by atomic mass is 19.1. The lowest BCUT2D eigenvalue weighted by Gasteiger charge is -2.26. The highest BCUT2D eigenvalue weighted by Crippen LogP contribution is 2.23. The van der Waals surface area contributed by atoms with Crippen LogP contribution in [-0.4, -0.2) is 37.2 Å². The predicted octanol–water partition coefficient (Wildman–Crippen LogP) is 1.78. The van der Waals surface area contributed by atoms with E-state index in [1.54, 1.807) is 6.07 Å². The van der Waals surface area contributed by atoms with Gasteiger partial charge in [0.05, 0.1) is 12.2 Å². The van der Waals surface area contributed by atoms with Gasteiger partial charge < -0.3 is 15.8 Å². The maximum atomic E-state index is 14.3. The van der Waals surface area contributed by atoms with Crippen molar-refractivity contribution in [3.05, 3.63) is 29.6 Å². The van der Waals surface area contributed by atoms with Crippen molar-refractivity contribution in [2.75, 3.05) is 18.1 Å². The van der Waals surface area contributed by atoms with Crippen molar-refractivity contribution in [2.24, 2.45) is 5.73 Å². The minimum atomic E-state index is -0.662. The van der Waals surface area contributed by atoms with E-state index >= 15 is 0 Å². The van der Waals surface area contributed by atoms with Gasteiger partial charge >= 0.3 is 6.09 Å². The number of rotatable bonds is 3. The molecule has 2 atom stereocenters. The third kappa shape index (κ3) is 3.29. The van der Waals surface area contributed by atoms with Crippen LogP contribution in [0.2, 0.25) is 0 Å². The molecule has 2 fully saturated rings. The van der Waals surface area contributed by atoms with Gasteiger partial charge in [0.15, 0.2) is 0 Å². The van der Waals surface area contributed by atoms with E-state index in [0.717, 1.165) is 19.3 Å². The van der Waals surface area contributed by atoms with Gasteiger partial charge in [-0.3, -0.25) is 9.69 Å². The number of halogens is 1. The quantitative estimate of drug-likeness (QED) is 0.889. The predicted molar refractivity (Wildman–Crippen MR) is 82.8 cm³/mol. The molecule has 1 aliphatic heterocycles. The molecular weight excluding hydrogens is 301 g/mol. The lowest BCUT2D eigenvalue weighted by molar-refractivity contribution is 0.0930. The highest BCUT2D eigenvalue weighted by molar-refractivity contribution is 5.96. The van der Waals surface area contributed by atoms with Gasteiger partial charge in [0, 0.05) is 24.3 Å². The number of nitrogens with one attached hydrogen (secondary N) is 1. The number of nitrogens with two attached hydrogens (primary N) is 1. The molecule has 23 heavy (non-hydrogen) atoms. The van der Waals surface area contributed by atoms with Crippen molar-refractivity contribution >= 4 is 17.7 Å². The van der Waals surface area contributed by atoms with Crippen LogP contribution in [0.1, 0.15) is 36.0 Å². The molecule has 0 aromatic heterocycles. The highest BCUT2D eigenvalue weighted by Gasteiger charge is 2.27. The van der Waals surface area contributed by atoms with E-state index in [1.807, 2.05) is 0 Å². The number of hydrogen-bond acceptors (Lipinski definition) is 4. The normalized spacial score (nSPS) is 24.4. The molecule has 0 bridgehead atoms. The fourth-order valence-electron chi connectivity index (χ4n) is 3.06. The standard InChI is InChI=1S/C16H20FN3O3/c17-12-9-10(20-7-2-8-23-16(20)22)5-6-11(12)15(21)19-14-4-1-3-13(14)18/h5-6,9,13-14H,1-4,7-8,18H2,(H,19,21). The zero-order valence-electron chi connectivity index (χ0n) is 12.8. The molecule has 6 nitrogen and oxygen atoms in total. The zero-order chi connectivity index (χ0) is 16.4. The Morgan fingerprint density at radius 2 is 2.17 bits per heavy atom. The molecule has 1 heterocycles. The number of benzene rings is 1. The summed E-state index contributed by atoms with van der Waals surface area (Å²) in [6.07, 6.45) is 2.83. The van der Waals surface area contributed by atoms with Gasteiger partial charge in [-0.25, -0.2) is 9.18 Å². The van der Waals surface area contributed by atoms with E-state index in [2.05, 4.69) is 5.32 Å². The summed E-state index contributed by atoms with van der Waals surface area (Å²) in [6, 6.07) is 3.94. The van der Waals surface area contributed by atoms with Gasteiger partial charge in [-0.15, -0.1) is 0 Å². The van der Waals surface area contributed by atoms with Crippen LogP contribution in [0, 0.1) is 5.82 Å². The first-order valence-corrected chi connectivity index (χ1v) is 7.86. The fraction of sp³-hybridized carbons (Fsp3) is 0.500. The first-order chi connectivity index (χ1) is 11.1. The number of carbonyl (C=O) groups excluding carboxylic acids is 2. The van der Waals surface area contributed by atoms with Crippen molar-refractivity contribution in [1.29, 1.82) is 0 Å². The maximum absolute atomic E-state index is 14.3. The maximum Gasteiger partial charge on any atom is 0.414 e. The van der Waals surface area contributed by atoms with Gasteiger partial charge in [-0.2, -0.15) is 0 Å². The van der Waals surface area contributed by atoms with Crippen LogP contribution in [0.4, 0.5) is 14.9 Å². The second-order valence-electron chi connectivity index (χ2n) is 5.96. The summed E-state index contributed by atoms with van der Waals surface area (Å²) < 4.78 is 19.2. The zero-order valence-corrected chi connectivity index (χ0v) is 12.8. The Bertz CT molecular complexity index is 623. The van der Waals surface area contributed by atoms with E-state index in [0.29, 0.717) is 25.3 Å². The molecule has 0 radical (unpaired) electrons. The Labute approximate surface area is 133 Å². The third-order valence-corrected chi connectivity index (χ3v) is 4.37. The molecule has 2 amide bonds. The minimum absolute atomic E-state index is 0.0433. The number of cyclic esters (lactones) is 1. The largest absolute Gasteiger partial charge is 0.449 e. The summed E-state index contributed by atoms with van der Waals surface area (Å²) in [7, 11) is 0. The average molecular weight is 321 g/mol. The Balaban J connectivity index is 1.73. The molecule has 1 aliphatic carbocycles. The molecule has 1 saturated heterocycles. The lowest BCUT2D eigenvalue weighted by Crippen LogP contribution is -2.44. The summed E-state index contributed by atoms with van der Waals surface area (Å²) in [5, 5.41) is 2.78. The summed E-state index contributed by atoms with van der Waals surface area (Å²) in [4.78, 5) is 25.2. The van der Waals surface area contributed by atoms with Crippen LogP contribution in [0.15, 0.2) is 18.2 Å². The van der Waals surface area contributed by atoms with Gasteiger partial charge in [0.2, 0.25) is 0 Å². The Morgan fingerprint density at radius 1 is 1.35 bits per heavy atom. The molecule has 2 unspecified atom stereocenters. The lowest BCUT2D eigenvalue weighted by atomic mass is 10.1. The molecule has 3 N–H and O–H groups in total.